The van der Waals surface area contributed by atoms with Crippen LogP contribution in [0.15, 0.2) is 54.6 Å². The number of halogens is 2. The molecule has 8 nitrogen and oxygen atoms in total. The van der Waals surface area contributed by atoms with Gasteiger partial charge in [0.15, 0.2) is 0 Å². The number of benzene rings is 2. The molecule has 0 spiro atoms. The van der Waals surface area contributed by atoms with Gasteiger partial charge in [-0.05, 0) is 55.3 Å². The number of aromatic nitrogens is 1. The smallest absolute Gasteiger partial charge is 0.352 e. The van der Waals surface area contributed by atoms with Gasteiger partial charge in [0.1, 0.15) is 17.3 Å². The molecule has 3 aromatic rings. The lowest BCUT2D eigenvalue weighted by Gasteiger charge is -2.17. The molecule has 1 aromatic heterocycles. The fraction of sp³-hybridized carbons (Fsp3) is 0.280. The zero-order valence-electron chi connectivity index (χ0n) is 19.4. The van der Waals surface area contributed by atoms with Crippen molar-refractivity contribution >= 4 is 11.9 Å². The first kappa shape index (κ1) is 27.6. The van der Waals surface area contributed by atoms with Crippen molar-refractivity contribution in [2.75, 3.05) is 6.61 Å². The number of ether oxygens (including phenoxy) is 1. The van der Waals surface area contributed by atoms with Gasteiger partial charge in [0.05, 0.1) is 24.5 Å². The Kier molecular flexibility index (Phi) is 10.1. The van der Waals surface area contributed by atoms with Crippen LogP contribution in [-0.4, -0.2) is 33.3 Å². The van der Waals surface area contributed by atoms with E-state index in [1.54, 1.807) is 24.3 Å². The van der Waals surface area contributed by atoms with Gasteiger partial charge in [0, 0.05) is 18.6 Å². The molecule has 0 radical (unpaired) electrons. The molecule has 0 fully saturated rings. The molecule has 0 amide bonds. The third-order valence-corrected chi connectivity index (χ3v) is 5.15. The van der Waals surface area contributed by atoms with E-state index in [9.17, 15) is 18.4 Å². The highest BCUT2D eigenvalue weighted by atomic mass is 19.1. The van der Waals surface area contributed by atoms with Gasteiger partial charge in [-0.2, -0.15) is 0 Å². The molecular weight excluding hydrogens is 460 g/mol. The second-order valence-corrected chi connectivity index (χ2v) is 7.88. The third-order valence-electron chi connectivity index (χ3n) is 5.15. The van der Waals surface area contributed by atoms with Crippen LogP contribution >= 0.6 is 0 Å². The molecule has 188 valence electrons. The molecule has 0 aliphatic carbocycles. The number of carboxylic acids is 2. The summed E-state index contributed by atoms with van der Waals surface area (Å²) >= 11 is 0. The Bertz CT molecular complexity index is 1040. The van der Waals surface area contributed by atoms with E-state index in [1.165, 1.54) is 34.9 Å². The number of aromatic carboxylic acids is 2. The van der Waals surface area contributed by atoms with Crippen molar-refractivity contribution in [3.8, 4) is 0 Å². The van der Waals surface area contributed by atoms with Crippen LogP contribution in [0.1, 0.15) is 63.6 Å². The maximum Gasteiger partial charge on any atom is 0.352 e. The summed E-state index contributed by atoms with van der Waals surface area (Å²) in [4.78, 5) is 21.7. The number of carbonyl (C=O) groups is 2. The van der Waals surface area contributed by atoms with E-state index < -0.39 is 11.9 Å². The summed E-state index contributed by atoms with van der Waals surface area (Å²) < 4.78 is 31.2. The van der Waals surface area contributed by atoms with Gasteiger partial charge in [0.2, 0.25) is 0 Å². The zero-order valence-corrected chi connectivity index (χ0v) is 19.4. The average molecular weight is 490 g/mol. The number of nitrogens with zero attached hydrogens (tertiary/aromatic N) is 1. The maximum absolute atomic E-state index is 12.3. The van der Waals surface area contributed by atoms with Crippen LogP contribution in [-0.2, 0) is 17.9 Å². The summed E-state index contributed by atoms with van der Waals surface area (Å²) in [6, 6.07) is 13.6. The van der Waals surface area contributed by atoms with E-state index >= 15 is 0 Å². The van der Waals surface area contributed by atoms with Crippen molar-refractivity contribution in [3.63, 3.8) is 0 Å². The van der Waals surface area contributed by atoms with E-state index in [4.69, 9.17) is 26.4 Å². The van der Waals surface area contributed by atoms with Crippen LogP contribution in [0.2, 0.25) is 0 Å². The molecule has 2 heterocycles. The van der Waals surface area contributed by atoms with Gasteiger partial charge in [-0.25, -0.2) is 18.4 Å². The molecule has 0 bridgehead atoms. The molecule has 6 N–H and O–H groups in total. The Morgan fingerprint density at radius 2 is 1.34 bits per heavy atom. The monoisotopic (exact) mass is 489 g/mol. The van der Waals surface area contributed by atoms with E-state index in [1.807, 2.05) is 13.8 Å². The number of carboxylic acid groups (broad SMARTS) is 2. The SMILES string of the molecule is C[C@@H](N)c1ccc(F)cc1.C[C@@H](N)c1ccc(F)cc1.O=C(O)c1cc(C(=O)O)n2c1COCC2. The molecule has 0 unspecified atom stereocenters. The Labute approximate surface area is 201 Å². The summed E-state index contributed by atoms with van der Waals surface area (Å²) in [5.74, 6) is -2.68. The second kappa shape index (κ2) is 12.7. The van der Waals surface area contributed by atoms with Crippen LogP contribution < -0.4 is 11.5 Å². The predicted molar refractivity (Wildman–Crippen MR) is 126 cm³/mol. The van der Waals surface area contributed by atoms with Crippen LogP contribution in [0.25, 0.3) is 0 Å². The van der Waals surface area contributed by atoms with Crippen LogP contribution in [0.5, 0.6) is 0 Å². The lowest BCUT2D eigenvalue weighted by atomic mass is 10.1. The topological polar surface area (TPSA) is 141 Å². The lowest BCUT2D eigenvalue weighted by molar-refractivity contribution is 0.0620. The Balaban J connectivity index is 0.000000192. The minimum atomic E-state index is -1.13. The first-order valence-electron chi connectivity index (χ1n) is 10.8. The molecule has 2 atom stereocenters. The molecule has 35 heavy (non-hydrogen) atoms. The van der Waals surface area contributed by atoms with Gasteiger partial charge >= 0.3 is 11.9 Å². The summed E-state index contributed by atoms with van der Waals surface area (Å²) in [7, 11) is 0. The normalized spacial score (nSPS) is 13.8. The first-order chi connectivity index (χ1) is 16.5. The van der Waals surface area contributed by atoms with E-state index in [2.05, 4.69) is 0 Å². The fourth-order valence-electron chi connectivity index (χ4n) is 3.22. The number of nitrogens with two attached hydrogens (primary N) is 2. The summed E-state index contributed by atoms with van der Waals surface area (Å²) in [5, 5.41) is 17.8. The Morgan fingerprint density at radius 3 is 1.71 bits per heavy atom. The van der Waals surface area contributed by atoms with Crippen LogP contribution in [0, 0.1) is 11.6 Å². The van der Waals surface area contributed by atoms with E-state index in [-0.39, 0.29) is 41.6 Å². The fourth-order valence-corrected chi connectivity index (χ4v) is 3.22. The van der Waals surface area contributed by atoms with Crippen molar-refractivity contribution in [1.29, 1.82) is 0 Å². The molecule has 4 rings (SSSR count). The van der Waals surface area contributed by atoms with Crippen molar-refractivity contribution < 1.29 is 33.3 Å². The number of fused-ring (bicyclic) bond motifs is 1. The van der Waals surface area contributed by atoms with Gasteiger partial charge in [0.25, 0.3) is 0 Å². The quantitative estimate of drug-likeness (QED) is 0.432. The zero-order chi connectivity index (χ0) is 26.1. The van der Waals surface area contributed by atoms with E-state index in [0.29, 0.717) is 18.8 Å². The minimum absolute atomic E-state index is 0.00528. The predicted octanol–water partition coefficient (Wildman–Crippen LogP) is 4.11. The third kappa shape index (κ3) is 7.99. The largest absolute Gasteiger partial charge is 0.478 e. The first-order valence-corrected chi connectivity index (χ1v) is 10.8. The molecule has 2 aromatic carbocycles. The van der Waals surface area contributed by atoms with Gasteiger partial charge < -0.3 is 31.0 Å². The van der Waals surface area contributed by atoms with Crippen molar-refractivity contribution in [2.24, 2.45) is 11.5 Å². The minimum Gasteiger partial charge on any atom is -0.478 e. The average Bonchev–Trinajstić information content (AvgIpc) is 3.21. The number of hydrogen-bond acceptors (Lipinski definition) is 5. The summed E-state index contributed by atoms with van der Waals surface area (Å²) in [5.41, 5.74) is 13.4. The molecular formula is C25H29F2N3O5. The lowest BCUT2D eigenvalue weighted by Crippen LogP contribution is -2.21. The maximum atomic E-state index is 12.3. The van der Waals surface area contributed by atoms with Crippen molar-refractivity contribution in [1.82, 2.24) is 4.57 Å². The van der Waals surface area contributed by atoms with E-state index in [0.717, 1.165) is 11.1 Å². The standard InChI is InChI=1S/C9H9NO5.2C8H10FN/c11-8(12)5-3-6(9(13)14)10-1-2-15-4-7(5)10;2*1-6(10)7-2-4-8(9)5-3-7/h3H,1-2,4H2,(H,11,12)(H,13,14);2*2-6H,10H2,1H3/t;2*6-/m.11/s1. The van der Waals surface area contributed by atoms with Gasteiger partial charge in [-0.1, -0.05) is 24.3 Å². The molecule has 0 saturated carbocycles. The number of hydrogen-bond donors (Lipinski definition) is 4. The van der Waals surface area contributed by atoms with Crippen LogP contribution in [0.4, 0.5) is 8.78 Å². The second-order valence-electron chi connectivity index (χ2n) is 7.88. The molecule has 0 saturated heterocycles. The highest BCUT2D eigenvalue weighted by molar-refractivity contribution is 5.94. The molecule has 1 aliphatic rings. The highest BCUT2D eigenvalue weighted by Crippen LogP contribution is 2.21. The summed E-state index contributed by atoms with van der Waals surface area (Å²) in [6.07, 6.45) is 0. The molecule has 10 heteroatoms. The highest BCUT2D eigenvalue weighted by Gasteiger charge is 2.25. The summed E-state index contributed by atoms with van der Waals surface area (Å²) in [6.45, 7) is 4.67. The molecule has 1 aliphatic heterocycles. The van der Waals surface area contributed by atoms with Gasteiger partial charge in [-0.3, -0.25) is 0 Å². The van der Waals surface area contributed by atoms with Crippen molar-refractivity contribution in [3.05, 3.63) is 94.3 Å². The number of rotatable bonds is 4. The Hall–Kier alpha value is -3.60. The van der Waals surface area contributed by atoms with Crippen molar-refractivity contribution in [2.45, 2.75) is 39.1 Å². The van der Waals surface area contributed by atoms with Crippen LogP contribution in [0.3, 0.4) is 0 Å². The van der Waals surface area contributed by atoms with Gasteiger partial charge in [-0.15, -0.1) is 0 Å². The Morgan fingerprint density at radius 1 is 0.886 bits per heavy atom.